The summed E-state index contributed by atoms with van der Waals surface area (Å²) in [5, 5.41) is 7.64. The van der Waals surface area contributed by atoms with Gasteiger partial charge in [-0.05, 0) is 44.7 Å². The predicted octanol–water partition coefficient (Wildman–Crippen LogP) is 2.01. The zero-order chi connectivity index (χ0) is 22.8. The Hall–Kier alpha value is -3.10. The molecule has 1 aliphatic rings. The van der Waals surface area contributed by atoms with Crippen molar-refractivity contribution in [2.24, 2.45) is 5.92 Å². The molecule has 1 saturated carbocycles. The van der Waals surface area contributed by atoms with Crippen LogP contribution in [0.1, 0.15) is 46.5 Å². The van der Waals surface area contributed by atoms with Crippen molar-refractivity contribution in [2.75, 3.05) is 13.1 Å². The Morgan fingerprint density at radius 1 is 1.09 bits per heavy atom. The Kier molecular flexibility index (Phi) is 6.34. The second-order valence-electron chi connectivity index (χ2n) is 8.65. The smallest absolute Gasteiger partial charge is 0.352 e. The van der Waals surface area contributed by atoms with Gasteiger partial charge < -0.3 is 10.2 Å². The third kappa shape index (κ3) is 4.03. The fraction of sp³-hybridized carbons (Fsp3) is 0.565. The molecule has 1 N–H and O–H groups in total. The number of fused-ring (bicyclic) bond motifs is 3. The molecule has 2 heterocycles. The predicted molar refractivity (Wildman–Crippen MR) is 122 cm³/mol. The summed E-state index contributed by atoms with van der Waals surface area (Å²) in [5.74, 6) is 0.586. The highest BCUT2D eigenvalue weighted by molar-refractivity contribution is 5.84. The van der Waals surface area contributed by atoms with Crippen molar-refractivity contribution in [3.8, 4) is 0 Å². The number of likely N-dealkylation sites (N-methyl/N-ethyl adjacent to an activating group) is 1. The maximum absolute atomic E-state index is 13.1. The molecule has 0 spiro atoms. The van der Waals surface area contributed by atoms with Crippen LogP contribution in [-0.4, -0.2) is 54.6 Å². The summed E-state index contributed by atoms with van der Waals surface area (Å²) >= 11 is 0. The summed E-state index contributed by atoms with van der Waals surface area (Å²) in [6, 6.07) is 7.62. The highest BCUT2D eigenvalue weighted by atomic mass is 16.2. The van der Waals surface area contributed by atoms with Crippen LogP contribution in [0.25, 0.3) is 16.8 Å². The molecule has 0 bridgehead atoms. The van der Waals surface area contributed by atoms with E-state index in [4.69, 9.17) is 0 Å². The molecule has 172 valence electrons. The van der Waals surface area contributed by atoms with Crippen molar-refractivity contribution in [3.63, 3.8) is 0 Å². The summed E-state index contributed by atoms with van der Waals surface area (Å²) in [7, 11) is 0. The van der Waals surface area contributed by atoms with Crippen LogP contribution in [0, 0.1) is 5.92 Å². The van der Waals surface area contributed by atoms with Gasteiger partial charge in [0, 0.05) is 19.1 Å². The molecule has 2 aromatic heterocycles. The molecule has 1 fully saturated rings. The molecule has 0 saturated heterocycles. The minimum atomic E-state index is -0.378. The summed E-state index contributed by atoms with van der Waals surface area (Å²) in [6.45, 7) is 7.09. The lowest BCUT2D eigenvalue weighted by atomic mass is 9.86. The van der Waals surface area contributed by atoms with E-state index in [-0.39, 0.29) is 36.6 Å². The molecule has 2 amide bonds. The molecule has 9 heteroatoms. The van der Waals surface area contributed by atoms with Crippen LogP contribution in [0.4, 0.5) is 0 Å². The van der Waals surface area contributed by atoms with Gasteiger partial charge in [0.1, 0.15) is 13.1 Å². The second-order valence-corrected chi connectivity index (χ2v) is 8.65. The Balaban J connectivity index is 1.67. The van der Waals surface area contributed by atoms with Gasteiger partial charge in [0.05, 0.1) is 11.0 Å². The first kappa shape index (κ1) is 22.1. The number of carbonyl (C=O) groups excluding carboxylic acids is 2. The summed E-state index contributed by atoms with van der Waals surface area (Å²) < 4.78 is 4.44. The Labute approximate surface area is 187 Å². The number of para-hydroxylation sites is 2. The van der Waals surface area contributed by atoms with Crippen LogP contribution in [0.5, 0.6) is 0 Å². The molecule has 9 nitrogen and oxygen atoms in total. The lowest BCUT2D eigenvalue weighted by molar-refractivity contribution is -0.131. The Morgan fingerprint density at radius 3 is 2.47 bits per heavy atom. The topological polar surface area (TPSA) is 93.6 Å². The number of hydrogen-bond donors (Lipinski definition) is 1. The van der Waals surface area contributed by atoms with Crippen LogP contribution in [0.3, 0.4) is 0 Å². The van der Waals surface area contributed by atoms with Crippen molar-refractivity contribution in [1.82, 2.24) is 29.0 Å². The third-order valence-electron chi connectivity index (χ3n) is 6.64. The average Bonchev–Trinajstić information content (AvgIpc) is 3.25. The summed E-state index contributed by atoms with van der Waals surface area (Å²) in [5.41, 5.74) is 1.06. The number of rotatable bonds is 7. The number of carbonyl (C=O) groups is 2. The van der Waals surface area contributed by atoms with Crippen molar-refractivity contribution >= 4 is 28.6 Å². The summed E-state index contributed by atoms with van der Waals surface area (Å²) in [6.07, 6.45) is 4.47. The maximum atomic E-state index is 13.1. The molecule has 0 unspecified atom stereocenters. The minimum absolute atomic E-state index is 0.0701. The highest BCUT2D eigenvalue weighted by Crippen LogP contribution is 2.24. The monoisotopic (exact) mass is 440 g/mol. The van der Waals surface area contributed by atoms with Crippen LogP contribution in [0.15, 0.2) is 29.1 Å². The van der Waals surface area contributed by atoms with Gasteiger partial charge in [-0.2, -0.15) is 0 Å². The number of imidazole rings is 1. The van der Waals surface area contributed by atoms with Gasteiger partial charge in [0.15, 0.2) is 0 Å². The zero-order valence-corrected chi connectivity index (χ0v) is 19.1. The van der Waals surface area contributed by atoms with E-state index in [1.807, 2.05) is 38.1 Å². The third-order valence-corrected chi connectivity index (χ3v) is 6.64. The van der Waals surface area contributed by atoms with E-state index in [1.165, 1.54) is 15.5 Å². The largest absolute Gasteiger partial charge is 0.352 e. The summed E-state index contributed by atoms with van der Waals surface area (Å²) in [4.78, 5) is 40.3. The molecule has 1 aromatic carbocycles. The molecule has 0 radical (unpaired) electrons. The lowest BCUT2D eigenvalue weighted by Crippen LogP contribution is -2.42. The van der Waals surface area contributed by atoms with Crippen LogP contribution >= 0.6 is 0 Å². The van der Waals surface area contributed by atoms with Crippen LogP contribution in [0.2, 0.25) is 0 Å². The molecule has 32 heavy (non-hydrogen) atoms. The van der Waals surface area contributed by atoms with Gasteiger partial charge in [-0.1, -0.05) is 31.9 Å². The molecule has 0 aliphatic heterocycles. The van der Waals surface area contributed by atoms with E-state index in [1.54, 1.807) is 9.47 Å². The van der Waals surface area contributed by atoms with E-state index in [0.29, 0.717) is 30.3 Å². The number of amides is 2. The molecular formula is C23H32N6O3. The van der Waals surface area contributed by atoms with E-state index in [2.05, 4.69) is 17.3 Å². The first-order valence-electron chi connectivity index (χ1n) is 11.6. The van der Waals surface area contributed by atoms with Crippen LogP contribution < -0.4 is 11.0 Å². The molecule has 2 atom stereocenters. The van der Waals surface area contributed by atoms with Gasteiger partial charge in [0.2, 0.25) is 17.6 Å². The van der Waals surface area contributed by atoms with Gasteiger partial charge in [-0.25, -0.2) is 13.9 Å². The van der Waals surface area contributed by atoms with E-state index in [0.717, 1.165) is 24.8 Å². The maximum Gasteiger partial charge on any atom is 0.352 e. The number of nitrogens with one attached hydrogen (secondary N) is 1. The number of aromatic nitrogens is 4. The van der Waals surface area contributed by atoms with Crippen molar-refractivity contribution in [3.05, 3.63) is 34.7 Å². The normalized spacial score (nSPS) is 18.8. The Morgan fingerprint density at radius 2 is 1.78 bits per heavy atom. The number of hydrogen-bond acceptors (Lipinski definition) is 4. The van der Waals surface area contributed by atoms with Gasteiger partial charge >= 0.3 is 5.69 Å². The molecule has 1 aliphatic carbocycles. The minimum Gasteiger partial charge on any atom is -0.352 e. The van der Waals surface area contributed by atoms with Gasteiger partial charge in [0.25, 0.3) is 0 Å². The van der Waals surface area contributed by atoms with E-state index >= 15 is 0 Å². The zero-order valence-electron chi connectivity index (χ0n) is 19.1. The SMILES string of the molecule is CCN(CC)C(=O)Cn1nc2n(CC(=O)N[C@H]3CCCC[C@@H]3C)c3ccccc3n2c1=O. The molecule has 4 rings (SSSR count). The van der Waals surface area contributed by atoms with Gasteiger partial charge in [-0.3, -0.25) is 14.2 Å². The fourth-order valence-corrected chi connectivity index (χ4v) is 4.76. The fourth-order valence-electron chi connectivity index (χ4n) is 4.76. The van der Waals surface area contributed by atoms with Crippen molar-refractivity contribution < 1.29 is 9.59 Å². The second kappa shape index (κ2) is 9.18. The molecule has 3 aromatic rings. The Bertz CT molecular complexity index is 1190. The number of nitrogens with zero attached hydrogens (tertiary/aromatic N) is 5. The van der Waals surface area contributed by atoms with Crippen molar-refractivity contribution in [2.45, 2.75) is 65.6 Å². The lowest BCUT2D eigenvalue weighted by Gasteiger charge is -2.29. The number of benzene rings is 1. The van der Waals surface area contributed by atoms with E-state index < -0.39 is 0 Å². The molecular weight excluding hydrogens is 408 g/mol. The standard InChI is InChI=1S/C23H32N6O3/c1-4-26(5-2)21(31)15-28-23(32)29-19-13-9-8-12-18(19)27(22(29)25-28)14-20(30)24-17-11-7-6-10-16(17)3/h8-9,12-13,16-17H,4-7,10-11,14-15H2,1-3H3,(H,24,30)/t16-,17-/m0/s1. The van der Waals surface area contributed by atoms with E-state index in [9.17, 15) is 14.4 Å². The highest BCUT2D eigenvalue weighted by Gasteiger charge is 2.25. The van der Waals surface area contributed by atoms with Gasteiger partial charge in [-0.15, -0.1) is 5.10 Å². The quantitative estimate of drug-likeness (QED) is 0.608. The van der Waals surface area contributed by atoms with Crippen molar-refractivity contribution in [1.29, 1.82) is 0 Å². The average molecular weight is 441 g/mol. The first-order valence-corrected chi connectivity index (χ1v) is 11.6. The first-order chi connectivity index (χ1) is 15.4. The van der Waals surface area contributed by atoms with Crippen LogP contribution in [-0.2, 0) is 22.7 Å².